The first-order chi connectivity index (χ1) is 8.52. The molecular weight excluding hydrogens is 270 g/mol. The Labute approximate surface area is 116 Å². The molecule has 0 atom stereocenters. The average molecular weight is 286 g/mol. The maximum Gasteiger partial charge on any atom is 0.319 e. The maximum atomic E-state index is 11.5. The van der Waals surface area contributed by atoms with Crippen molar-refractivity contribution in [1.82, 2.24) is 5.32 Å². The monoisotopic (exact) mass is 285 g/mol. The molecule has 6 N–H and O–H groups in total. The molecule has 104 valence electrons. The number of hydrogen-bond acceptors (Lipinski definition) is 2. The summed E-state index contributed by atoms with van der Waals surface area (Å²) in [5, 5.41) is 5.15. The van der Waals surface area contributed by atoms with Gasteiger partial charge in [0, 0.05) is 17.8 Å². The number of halogens is 1. The minimum absolute atomic E-state index is 0. The van der Waals surface area contributed by atoms with Crippen molar-refractivity contribution in [3.63, 3.8) is 0 Å². The zero-order chi connectivity index (χ0) is 13.5. The molecule has 0 unspecified atom stereocenters. The maximum absolute atomic E-state index is 11.5. The van der Waals surface area contributed by atoms with Crippen LogP contribution in [0.4, 0.5) is 10.5 Å². The number of nitrogens with zero attached hydrogens (tertiary/aromatic N) is 1. The van der Waals surface area contributed by atoms with Crippen LogP contribution in [-0.4, -0.2) is 24.4 Å². The third-order valence-electron chi connectivity index (χ3n) is 1.94. The van der Waals surface area contributed by atoms with Crippen LogP contribution in [-0.2, 0) is 0 Å². The van der Waals surface area contributed by atoms with Gasteiger partial charge < -0.3 is 22.1 Å². The highest BCUT2D eigenvalue weighted by atomic mass is 35.5. The van der Waals surface area contributed by atoms with Crippen molar-refractivity contribution in [1.29, 1.82) is 0 Å². The van der Waals surface area contributed by atoms with Crippen molar-refractivity contribution in [3.05, 3.63) is 29.8 Å². The molecule has 7 nitrogen and oxygen atoms in total. The highest BCUT2D eigenvalue weighted by Gasteiger charge is 2.06. The Morgan fingerprint density at radius 3 is 2.58 bits per heavy atom. The van der Waals surface area contributed by atoms with Gasteiger partial charge in [-0.25, -0.2) is 4.79 Å². The lowest BCUT2D eigenvalue weighted by atomic mass is 10.2. The number of rotatable bonds is 3. The number of nitrogens with one attached hydrogen (secondary N) is 2. The van der Waals surface area contributed by atoms with E-state index >= 15 is 0 Å². The van der Waals surface area contributed by atoms with Gasteiger partial charge in [0.2, 0.25) is 0 Å². The van der Waals surface area contributed by atoms with E-state index in [9.17, 15) is 9.59 Å². The van der Waals surface area contributed by atoms with Crippen molar-refractivity contribution < 1.29 is 9.59 Å². The molecule has 0 saturated carbocycles. The smallest absolute Gasteiger partial charge is 0.319 e. The summed E-state index contributed by atoms with van der Waals surface area (Å²) in [5.74, 6) is -0.864. The Kier molecular flexibility index (Phi) is 6.98. The number of carbonyl (C=O) groups is 2. The predicted molar refractivity (Wildman–Crippen MR) is 76.5 cm³/mol. The van der Waals surface area contributed by atoms with Gasteiger partial charge in [0.25, 0.3) is 5.91 Å². The van der Waals surface area contributed by atoms with Crippen molar-refractivity contribution in [2.45, 2.75) is 6.92 Å². The second-order valence-corrected chi connectivity index (χ2v) is 3.41. The lowest BCUT2D eigenvalue weighted by Crippen LogP contribution is -2.28. The molecule has 0 aliphatic rings. The number of amides is 3. The first kappa shape index (κ1) is 16.7. The Bertz CT molecular complexity index is 486. The van der Waals surface area contributed by atoms with E-state index in [-0.39, 0.29) is 30.0 Å². The molecule has 3 amide bonds. The normalized spacial score (nSPS) is 8.89. The Morgan fingerprint density at radius 1 is 1.32 bits per heavy atom. The van der Waals surface area contributed by atoms with Crippen molar-refractivity contribution in [3.8, 4) is 0 Å². The van der Waals surface area contributed by atoms with Crippen LogP contribution in [0.3, 0.4) is 0 Å². The van der Waals surface area contributed by atoms with Crippen LogP contribution in [0.1, 0.15) is 17.3 Å². The minimum Gasteiger partial charge on any atom is -0.370 e. The molecule has 8 heteroatoms. The molecule has 0 heterocycles. The van der Waals surface area contributed by atoms with E-state index < -0.39 is 5.91 Å². The zero-order valence-electron chi connectivity index (χ0n) is 10.3. The third-order valence-corrected chi connectivity index (χ3v) is 1.94. The van der Waals surface area contributed by atoms with E-state index in [4.69, 9.17) is 11.5 Å². The number of carbonyl (C=O) groups excluding carboxylic acids is 2. The number of anilines is 1. The molecule has 0 aromatic heterocycles. The van der Waals surface area contributed by atoms with E-state index in [1.807, 2.05) is 0 Å². The average Bonchev–Trinajstić information content (AvgIpc) is 2.28. The molecule has 1 rings (SSSR count). The molecule has 0 bridgehead atoms. The van der Waals surface area contributed by atoms with Gasteiger partial charge in [-0.3, -0.25) is 4.79 Å². The van der Waals surface area contributed by atoms with Crippen LogP contribution in [0.15, 0.2) is 29.3 Å². The molecule has 1 aromatic rings. The van der Waals surface area contributed by atoms with Crippen molar-refractivity contribution >= 4 is 36.0 Å². The molecule has 1 aromatic carbocycles. The summed E-state index contributed by atoms with van der Waals surface area (Å²) in [6.07, 6.45) is 0. The van der Waals surface area contributed by atoms with E-state index in [0.717, 1.165) is 0 Å². The van der Waals surface area contributed by atoms with Gasteiger partial charge in [0.15, 0.2) is 5.96 Å². The summed E-state index contributed by atoms with van der Waals surface area (Å²) in [6.45, 7) is 2.32. The van der Waals surface area contributed by atoms with E-state index in [2.05, 4.69) is 15.6 Å². The third kappa shape index (κ3) is 5.73. The van der Waals surface area contributed by atoms with Crippen molar-refractivity contribution in [2.75, 3.05) is 11.9 Å². The second-order valence-electron chi connectivity index (χ2n) is 3.41. The number of benzene rings is 1. The van der Waals surface area contributed by atoms with Gasteiger partial charge in [0.1, 0.15) is 0 Å². The fourth-order valence-corrected chi connectivity index (χ4v) is 1.25. The molecule has 0 aliphatic heterocycles. The summed E-state index contributed by atoms with van der Waals surface area (Å²) in [5.41, 5.74) is 11.0. The first-order valence-electron chi connectivity index (χ1n) is 5.31. The number of hydrogen-bond donors (Lipinski definition) is 4. The minimum atomic E-state index is -0.561. The topological polar surface area (TPSA) is 123 Å². The molecule has 0 radical (unpaired) electrons. The molecule has 0 fully saturated rings. The summed E-state index contributed by atoms with van der Waals surface area (Å²) < 4.78 is 0. The lowest BCUT2D eigenvalue weighted by molar-refractivity contribution is 0.100. The fraction of sp³-hybridized carbons (Fsp3) is 0.182. The Hall–Kier alpha value is -2.28. The largest absolute Gasteiger partial charge is 0.370 e. The van der Waals surface area contributed by atoms with Gasteiger partial charge in [0.05, 0.1) is 0 Å². The SMILES string of the molecule is CCNC(=O)Nc1cccc(C(=O)N=C(N)N)c1.Cl. The van der Waals surface area contributed by atoms with Crippen molar-refractivity contribution in [2.24, 2.45) is 16.5 Å². The molecular formula is C11H16ClN5O2. The summed E-state index contributed by atoms with van der Waals surface area (Å²) in [6, 6.07) is 5.98. The Balaban J connectivity index is 0.00000324. The van der Waals surface area contributed by atoms with Gasteiger partial charge in [-0.05, 0) is 25.1 Å². The van der Waals surface area contributed by atoms with Crippen LogP contribution >= 0.6 is 12.4 Å². The number of aliphatic imine (C=N–C) groups is 1. The van der Waals surface area contributed by atoms with Gasteiger partial charge >= 0.3 is 6.03 Å². The van der Waals surface area contributed by atoms with Crippen LogP contribution in [0.25, 0.3) is 0 Å². The molecule has 0 saturated heterocycles. The molecule has 0 spiro atoms. The van der Waals surface area contributed by atoms with Crippen LogP contribution < -0.4 is 22.1 Å². The van der Waals surface area contributed by atoms with Gasteiger partial charge in [-0.1, -0.05) is 6.07 Å². The summed E-state index contributed by atoms with van der Waals surface area (Å²) >= 11 is 0. The summed E-state index contributed by atoms with van der Waals surface area (Å²) in [7, 11) is 0. The van der Waals surface area contributed by atoms with E-state index in [0.29, 0.717) is 12.2 Å². The van der Waals surface area contributed by atoms with E-state index in [1.165, 1.54) is 6.07 Å². The van der Waals surface area contributed by atoms with Gasteiger partial charge in [-0.2, -0.15) is 4.99 Å². The second kappa shape index (κ2) is 7.93. The number of guanidine groups is 1. The number of urea groups is 1. The fourth-order valence-electron chi connectivity index (χ4n) is 1.25. The van der Waals surface area contributed by atoms with Gasteiger partial charge in [-0.15, -0.1) is 12.4 Å². The standard InChI is InChI=1S/C11H15N5O2.ClH/c1-2-14-11(18)15-8-5-3-4-7(6-8)9(17)16-10(12)13;/h3-6H,2H2,1H3,(H2,14,15,18)(H4,12,13,16,17);1H. The van der Waals surface area contributed by atoms with E-state index in [1.54, 1.807) is 25.1 Å². The zero-order valence-corrected chi connectivity index (χ0v) is 11.2. The lowest BCUT2D eigenvalue weighted by Gasteiger charge is -2.06. The Morgan fingerprint density at radius 2 is 2.00 bits per heavy atom. The highest BCUT2D eigenvalue weighted by molar-refractivity contribution is 6.02. The van der Waals surface area contributed by atoms with Crippen LogP contribution in [0.5, 0.6) is 0 Å². The molecule has 19 heavy (non-hydrogen) atoms. The van der Waals surface area contributed by atoms with Crippen LogP contribution in [0.2, 0.25) is 0 Å². The molecule has 0 aliphatic carbocycles. The number of nitrogens with two attached hydrogens (primary N) is 2. The first-order valence-corrected chi connectivity index (χ1v) is 5.31. The predicted octanol–water partition coefficient (Wildman–Crippen LogP) is 0.663. The summed E-state index contributed by atoms with van der Waals surface area (Å²) in [4.78, 5) is 26.2. The quantitative estimate of drug-likeness (QED) is 0.481. The van der Waals surface area contributed by atoms with Crippen LogP contribution in [0, 0.1) is 0 Å². The highest BCUT2D eigenvalue weighted by Crippen LogP contribution is 2.11.